The zero-order valence-electron chi connectivity index (χ0n) is 15.2. The van der Waals surface area contributed by atoms with E-state index in [1.807, 2.05) is 18.2 Å². The number of rotatable bonds is 9. The zero-order valence-corrected chi connectivity index (χ0v) is 16.7. The van der Waals surface area contributed by atoms with Crippen LogP contribution in [0.1, 0.15) is 0 Å². The van der Waals surface area contributed by atoms with E-state index < -0.39 is 0 Å². The van der Waals surface area contributed by atoms with Crippen LogP contribution in [0.15, 0.2) is 54.7 Å². The van der Waals surface area contributed by atoms with E-state index in [1.54, 1.807) is 36.5 Å². The van der Waals surface area contributed by atoms with Gasteiger partial charge in [-0.1, -0.05) is 29.3 Å². The first-order valence-electron chi connectivity index (χ1n) is 8.70. The number of benzene rings is 1. The lowest BCUT2D eigenvalue weighted by Gasteiger charge is -2.10. The van der Waals surface area contributed by atoms with Crippen molar-refractivity contribution < 1.29 is 9.53 Å². The smallest absolute Gasteiger partial charge is 0.258 e. The molecule has 2 heterocycles. The second-order valence-electron chi connectivity index (χ2n) is 5.78. The molecule has 2 aromatic heterocycles. The number of aromatic nitrogens is 3. The Hall–Kier alpha value is -3.10. The lowest BCUT2D eigenvalue weighted by Crippen LogP contribution is -2.32. The number of nitrogens with zero attached hydrogens (tertiary/aromatic N) is 3. The van der Waals surface area contributed by atoms with Crippen molar-refractivity contribution in [2.75, 3.05) is 30.3 Å². The Morgan fingerprint density at radius 3 is 2.52 bits per heavy atom. The third-order valence-electron chi connectivity index (χ3n) is 3.59. The van der Waals surface area contributed by atoms with Crippen molar-refractivity contribution in [1.29, 1.82) is 0 Å². The molecule has 0 radical (unpaired) electrons. The van der Waals surface area contributed by atoms with Crippen molar-refractivity contribution >= 4 is 46.6 Å². The van der Waals surface area contributed by atoms with Crippen LogP contribution in [0.25, 0.3) is 0 Å². The normalized spacial score (nSPS) is 10.3. The highest BCUT2D eigenvalue weighted by Crippen LogP contribution is 2.27. The largest absolute Gasteiger partial charge is 0.482 e. The molecule has 0 spiro atoms. The summed E-state index contributed by atoms with van der Waals surface area (Å²) in [5.74, 6) is 2.00. The highest BCUT2D eigenvalue weighted by molar-refractivity contribution is 6.35. The zero-order chi connectivity index (χ0) is 20.5. The lowest BCUT2D eigenvalue weighted by atomic mass is 10.3. The molecule has 0 aliphatic rings. The molecule has 0 bridgehead atoms. The fourth-order valence-corrected chi connectivity index (χ4v) is 2.70. The van der Waals surface area contributed by atoms with Gasteiger partial charge in [-0.2, -0.15) is 0 Å². The molecule has 3 N–H and O–H groups in total. The number of carbonyl (C=O) groups is 1. The van der Waals surface area contributed by atoms with Gasteiger partial charge in [0, 0.05) is 24.3 Å². The molecule has 3 aromatic rings. The van der Waals surface area contributed by atoms with Gasteiger partial charge in [0.25, 0.3) is 5.91 Å². The third kappa shape index (κ3) is 6.78. The summed E-state index contributed by atoms with van der Waals surface area (Å²) in [6.07, 6.45) is 1.69. The fourth-order valence-electron chi connectivity index (χ4n) is 2.24. The number of carbonyl (C=O) groups excluding carboxylic acids is 1. The minimum Gasteiger partial charge on any atom is -0.482 e. The van der Waals surface area contributed by atoms with Gasteiger partial charge in [-0.05, 0) is 42.5 Å². The van der Waals surface area contributed by atoms with Crippen LogP contribution in [0.4, 0.5) is 17.5 Å². The average molecular weight is 433 g/mol. The van der Waals surface area contributed by atoms with E-state index in [-0.39, 0.29) is 12.5 Å². The van der Waals surface area contributed by atoms with Gasteiger partial charge < -0.3 is 20.7 Å². The minimum atomic E-state index is -0.265. The Bertz CT molecular complexity index is 941. The number of ether oxygens (including phenoxy) is 1. The van der Waals surface area contributed by atoms with E-state index in [1.165, 1.54) is 0 Å². The summed E-state index contributed by atoms with van der Waals surface area (Å²) in [4.78, 5) is 16.0. The first-order chi connectivity index (χ1) is 14.1. The second-order valence-corrected chi connectivity index (χ2v) is 6.63. The first-order valence-corrected chi connectivity index (χ1v) is 9.46. The third-order valence-corrected chi connectivity index (χ3v) is 4.12. The molecule has 1 amide bonds. The topological polar surface area (TPSA) is 101 Å². The van der Waals surface area contributed by atoms with Crippen molar-refractivity contribution in [2.45, 2.75) is 0 Å². The Kier molecular flexibility index (Phi) is 7.43. The number of hydrogen-bond acceptors (Lipinski definition) is 7. The summed E-state index contributed by atoms with van der Waals surface area (Å²) in [6, 6.07) is 13.9. The first kappa shape index (κ1) is 20.6. The van der Waals surface area contributed by atoms with Crippen LogP contribution >= 0.6 is 23.2 Å². The Labute approximate surface area is 177 Å². The lowest BCUT2D eigenvalue weighted by molar-refractivity contribution is -0.123. The molecule has 0 aliphatic heterocycles. The predicted octanol–water partition coefficient (Wildman–Crippen LogP) is 3.53. The summed E-state index contributed by atoms with van der Waals surface area (Å²) in [5.41, 5.74) is 0. The van der Waals surface area contributed by atoms with Crippen LogP contribution in [0.2, 0.25) is 10.0 Å². The quantitative estimate of drug-likeness (QED) is 0.444. The standard InChI is InChI=1S/C19H18Cl2N6O2/c20-13-4-5-15(14(21)11-13)29-12-19(28)24-10-9-23-17-6-7-18(27-26-17)25-16-3-1-2-8-22-16/h1-8,11H,9-10,12H2,(H,23,26)(H,24,28)(H,22,25,27). The van der Waals surface area contributed by atoms with Crippen LogP contribution in [0, 0.1) is 0 Å². The molecule has 8 nitrogen and oxygen atoms in total. The highest BCUT2D eigenvalue weighted by atomic mass is 35.5. The molecular weight excluding hydrogens is 415 g/mol. The molecular formula is C19H18Cl2N6O2. The SMILES string of the molecule is O=C(COc1ccc(Cl)cc1Cl)NCCNc1ccc(Nc2ccccn2)nn1. The summed E-state index contributed by atoms with van der Waals surface area (Å²) < 4.78 is 5.37. The Balaban J connectivity index is 1.35. The van der Waals surface area contributed by atoms with Crippen LogP contribution in [-0.4, -0.2) is 40.8 Å². The van der Waals surface area contributed by atoms with Crippen molar-refractivity contribution in [2.24, 2.45) is 0 Å². The van der Waals surface area contributed by atoms with E-state index in [0.717, 1.165) is 0 Å². The maximum atomic E-state index is 11.8. The molecule has 1 aromatic carbocycles. The van der Waals surface area contributed by atoms with Crippen molar-refractivity contribution in [3.63, 3.8) is 0 Å². The minimum absolute atomic E-state index is 0.144. The van der Waals surface area contributed by atoms with Gasteiger partial charge in [0.1, 0.15) is 17.4 Å². The summed E-state index contributed by atoms with van der Waals surface area (Å²) in [5, 5.41) is 17.9. The van der Waals surface area contributed by atoms with E-state index in [9.17, 15) is 4.79 Å². The summed E-state index contributed by atoms with van der Waals surface area (Å²) in [6.45, 7) is 0.732. The maximum Gasteiger partial charge on any atom is 0.258 e. The molecule has 29 heavy (non-hydrogen) atoms. The molecule has 0 saturated carbocycles. The number of anilines is 3. The van der Waals surface area contributed by atoms with Gasteiger partial charge in [0.2, 0.25) is 0 Å². The van der Waals surface area contributed by atoms with Crippen molar-refractivity contribution in [1.82, 2.24) is 20.5 Å². The van der Waals surface area contributed by atoms with Gasteiger partial charge >= 0.3 is 0 Å². The van der Waals surface area contributed by atoms with Gasteiger partial charge in [-0.15, -0.1) is 10.2 Å². The van der Waals surface area contributed by atoms with Gasteiger partial charge in [-0.3, -0.25) is 4.79 Å². The molecule has 3 rings (SSSR count). The summed E-state index contributed by atoms with van der Waals surface area (Å²) >= 11 is 11.8. The number of pyridine rings is 1. The molecule has 0 fully saturated rings. The summed E-state index contributed by atoms with van der Waals surface area (Å²) in [7, 11) is 0. The van der Waals surface area contributed by atoms with E-state index in [2.05, 4.69) is 31.1 Å². The van der Waals surface area contributed by atoms with Crippen LogP contribution in [0.3, 0.4) is 0 Å². The van der Waals surface area contributed by atoms with Gasteiger partial charge in [0.15, 0.2) is 12.4 Å². The Morgan fingerprint density at radius 1 is 0.966 bits per heavy atom. The number of halogens is 2. The van der Waals surface area contributed by atoms with Crippen molar-refractivity contribution in [3.05, 3.63) is 64.8 Å². The Morgan fingerprint density at radius 2 is 1.79 bits per heavy atom. The van der Waals surface area contributed by atoms with E-state index >= 15 is 0 Å². The molecule has 0 atom stereocenters. The van der Waals surface area contributed by atoms with Crippen LogP contribution in [0.5, 0.6) is 5.75 Å². The van der Waals surface area contributed by atoms with Crippen molar-refractivity contribution in [3.8, 4) is 5.75 Å². The molecule has 0 unspecified atom stereocenters. The highest BCUT2D eigenvalue weighted by Gasteiger charge is 2.06. The molecule has 150 valence electrons. The van der Waals surface area contributed by atoms with Crippen LogP contribution in [-0.2, 0) is 4.79 Å². The average Bonchev–Trinajstić information content (AvgIpc) is 2.72. The predicted molar refractivity (Wildman–Crippen MR) is 113 cm³/mol. The fraction of sp³-hybridized carbons (Fsp3) is 0.158. The maximum absolute atomic E-state index is 11.8. The van der Waals surface area contributed by atoms with Gasteiger partial charge in [-0.25, -0.2) is 4.98 Å². The molecule has 0 aliphatic carbocycles. The van der Waals surface area contributed by atoms with Crippen LogP contribution < -0.4 is 20.7 Å². The van der Waals surface area contributed by atoms with Gasteiger partial charge in [0.05, 0.1) is 5.02 Å². The number of hydrogen-bond donors (Lipinski definition) is 3. The molecule has 10 heteroatoms. The number of nitrogens with one attached hydrogen (secondary N) is 3. The monoisotopic (exact) mass is 432 g/mol. The number of amides is 1. The second kappa shape index (κ2) is 10.4. The van der Waals surface area contributed by atoms with E-state index in [4.69, 9.17) is 27.9 Å². The van der Waals surface area contributed by atoms with E-state index in [0.29, 0.717) is 46.3 Å². The molecule has 0 saturated heterocycles.